The molecule has 1 N–H and O–H groups in total. The lowest BCUT2D eigenvalue weighted by atomic mass is 10.0. The quantitative estimate of drug-likeness (QED) is 0.791. The summed E-state index contributed by atoms with van der Waals surface area (Å²) in [5, 5.41) is 8.61. The molecule has 0 radical (unpaired) electrons. The van der Waals surface area contributed by atoms with Crippen molar-refractivity contribution >= 4 is 5.97 Å². The molecule has 0 aliphatic carbocycles. The van der Waals surface area contributed by atoms with Gasteiger partial charge >= 0.3 is 5.97 Å². The Labute approximate surface area is 101 Å². The van der Waals surface area contributed by atoms with E-state index in [9.17, 15) is 4.79 Å². The number of aliphatic carboxylic acids is 1. The van der Waals surface area contributed by atoms with Gasteiger partial charge in [0.25, 0.3) is 0 Å². The Morgan fingerprint density at radius 1 is 1.35 bits per heavy atom. The first-order valence-electron chi connectivity index (χ1n) is 5.54. The molecule has 0 aliphatic rings. The van der Waals surface area contributed by atoms with Crippen molar-refractivity contribution in [2.75, 3.05) is 14.2 Å². The molecule has 4 heteroatoms. The third-order valence-electron chi connectivity index (χ3n) is 2.49. The van der Waals surface area contributed by atoms with E-state index in [0.717, 1.165) is 16.9 Å². The van der Waals surface area contributed by atoms with Crippen LogP contribution in [0.2, 0.25) is 0 Å². The van der Waals surface area contributed by atoms with Crippen molar-refractivity contribution in [3.8, 4) is 5.75 Å². The number of hydrogen-bond acceptors (Lipinski definition) is 3. The summed E-state index contributed by atoms with van der Waals surface area (Å²) in [6.45, 7) is 0.552. The summed E-state index contributed by atoms with van der Waals surface area (Å²) in [4.78, 5) is 10.5. The molecule has 94 valence electrons. The molecule has 0 saturated carbocycles. The monoisotopic (exact) mass is 238 g/mol. The minimum atomic E-state index is -0.767. The number of hydrogen-bond donors (Lipinski definition) is 1. The molecule has 0 aromatic heterocycles. The largest absolute Gasteiger partial charge is 0.496 e. The SMILES string of the molecule is COCc1ccc(OC)c(CCCC(=O)O)c1. The Morgan fingerprint density at radius 3 is 2.71 bits per heavy atom. The smallest absolute Gasteiger partial charge is 0.303 e. The maximum absolute atomic E-state index is 10.5. The van der Waals surface area contributed by atoms with Crippen LogP contribution in [0, 0.1) is 0 Å². The average Bonchev–Trinajstić information content (AvgIpc) is 2.29. The van der Waals surface area contributed by atoms with Crippen LogP contribution in [0.5, 0.6) is 5.75 Å². The Morgan fingerprint density at radius 2 is 2.12 bits per heavy atom. The standard InChI is InChI=1S/C13H18O4/c1-16-9-10-6-7-12(17-2)11(8-10)4-3-5-13(14)15/h6-8H,3-5,9H2,1-2H3,(H,14,15). The molecule has 0 bridgehead atoms. The number of carboxylic acid groups (broad SMARTS) is 1. The van der Waals surface area contributed by atoms with Crippen LogP contribution in [0.1, 0.15) is 24.0 Å². The van der Waals surface area contributed by atoms with Crippen LogP contribution >= 0.6 is 0 Å². The van der Waals surface area contributed by atoms with E-state index in [1.807, 2.05) is 18.2 Å². The highest BCUT2D eigenvalue weighted by molar-refractivity contribution is 5.66. The van der Waals surface area contributed by atoms with E-state index in [0.29, 0.717) is 19.4 Å². The fourth-order valence-corrected chi connectivity index (χ4v) is 1.71. The lowest BCUT2D eigenvalue weighted by molar-refractivity contribution is -0.137. The van der Waals surface area contributed by atoms with E-state index in [4.69, 9.17) is 14.6 Å². The minimum absolute atomic E-state index is 0.178. The number of carbonyl (C=O) groups is 1. The molecule has 0 aliphatic heterocycles. The second-order valence-corrected chi connectivity index (χ2v) is 3.83. The number of carboxylic acids is 1. The Kier molecular flexibility index (Phi) is 5.49. The summed E-state index contributed by atoms with van der Waals surface area (Å²) < 4.78 is 10.3. The van der Waals surface area contributed by atoms with Crippen LogP contribution in [0.3, 0.4) is 0 Å². The zero-order chi connectivity index (χ0) is 12.7. The van der Waals surface area contributed by atoms with Gasteiger partial charge in [0.1, 0.15) is 5.75 Å². The van der Waals surface area contributed by atoms with E-state index in [1.54, 1.807) is 14.2 Å². The first-order chi connectivity index (χ1) is 8.17. The van der Waals surface area contributed by atoms with Crippen molar-refractivity contribution in [3.05, 3.63) is 29.3 Å². The Balaban J connectivity index is 2.71. The Bertz CT molecular complexity index is 374. The van der Waals surface area contributed by atoms with Crippen molar-refractivity contribution in [2.24, 2.45) is 0 Å². The topological polar surface area (TPSA) is 55.8 Å². The van der Waals surface area contributed by atoms with Crippen molar-refractivity contribution in [1.82, 2.24) is 0 Å². The maximum atomic E-state index is 10.5. The molecule has 0 fully saturated rings. The first-order valence-corrected chi connectivity index (χ1v) is 5.54. The summed E-state index contributed by atoms with van der Waals surface area (Å²) in [7, 11) is 3.26. The second-order valence-electron chi connectivity index (χ2n) is 3.83. The van der Waals surface area contributed by atoms with Gasteiger partial charge in [0.2, 0.25) is 0 Å². The highest BCUT2D eigenvalue weighted by Gasteiger charge is 2.06. The zero-order valence-corrected chi connectivity index (χ0v) is 10.2. The zero-order valence-electron chi connectivity index (χ0n) is 10.2. The molecule has 0 amide bonds. The van der Waals surface area contributed by atoms with Gasteiger partial charge in [0, 0.05) is 13.5 Å². The van der Waals surface area contributed by atoms with Gasteiger partial charge in [-0.15, -0.1) is 0 Å². The molecule has 4 nitrogen and oxygen atoms in total. The van der Waals surface area contributed by atoms with Gasteiger partial charge < -0.3 is 14.6 Å². The molecule has 1 aromatic carbocycles. The molecular weight excluding hydrogens is 220 g/mol. The summed E-state index contributed by atoms with van der Waals surface area (Å²) in [5.74, 6) is 0.0345. The molecule has 1 aromatic rings. The van der Waals surface area contributed by atoms with Crippen LogP contribution in [0.25, 0.3) is 0 Å². The molecule has 17 heavy (non-hydrogen) atoms. The van der Waals surface area contributed by atoms with Gasteiger partial charge in [0.15, 0.2) is 0 Å². The molecule has 0 spiro atoms. The second kappa shape index (κ2) is 6.91. The predicted octanol–water partition coefficient (Wildman–Crippen LogP) is 2.25. The number of aryl methyl sites for hydroxylation is 1. The summed E-state index contributed by atoms with van der Waals surface area (Å²) in [6, 6.07) is 5.84. The van der Waals surface area contributed by atoms with E-state index < -0.39 is 5.97 Å². The summed E-state index contributed by atoms with van der Waals surface area (Å²) in [5.41, 5.74) is 2.10. The van der Waals surface area contributed by atoms with E-state index in [1.165, 1.54) is 0 Å². The first kappa shape index (κ1) is 13.5. The minimum Gasteiger partial charge on any atom is -0.496 e. The van der Waals surface area contributed by atoms with Crippen LogP contribution in [0.4, 0.5) is 0 Å². The van der Waals surface area contributed by atoms with Crippen molar-refractivity contribution < 1.29 is 19.4 Å². The average molecular weight is 238 g/mol. The van der Waals surface area contributed by atoms with Gasteiger partial charge in [-0.1, -0.05) is 6.07 Å². The predicted molar refractivity (Wildman–Crippen MR) is 64.3 cm³/mol. The number of rotatable bonds is 7. The van der Waals surface area contributed by atoms with Crippen molar-refractivity contribution in [1.29, 1.82) is 0 Å². The maximum Gasteiger partial charge on any atom is 0.303 e. The third kappa shape index (κ3) is 4.44. The summed E-state index contributed by atoms with van der Waals surface area (Å²) >= 11 is 0. The van der Waals surface area contributed by atoms with Crippen molar-refractivity contribution in [2.45, 2.75) is 25.9 Å². The van der Waals surface area contributed by atoms with Gasteiger partial charge in [-0.3, -0.25) is 4.79 Å². The third-order valence-corrected chi connectivity index (χ3v) is 2.49. The van der Waals surface area contributed by atoms with Crippen molar-refractivity contribution in [3.63, 3.8) is 0 Å². The molecule has 1 rings (SSSR count). The number of benzene rings is 1. The van der Waals surface area contributed by atoms with Gasteiger partial charge in [-0.2, -0.15) is 0 Å². The number of ether oxygens (including phenoxy) is 2. The fraction of sp³-hybridized carbons (Fsp3) is 0.462. The van der Waals surface area contributed by atoms with E-state index in [-0.39, 0.29) is 6.42 Å². The molecule has 0 unspecified atom stereocenters. The van der Waals surface area contributed by atoms with Crippen LogP contribution < -0.4 is 4.74 Å². The van der Waals surface area contributed by atoms with Gasteiger partial charge in [-0.25, -0.2) is 0 Å². The van der Waals surface area contributed by atoms with Crippen LogP contribution in [-0.4, -0.2) is 25.3 Å². The number of methoxy groups -OCH3 is 2. The highest BCUT2D eigenvalue weighted by atomic mass is 16.5. The van der Waals surface area contributed by atoms with Gasteiger partial charge in [0.05, 0.1) is 13.7 Å². The van der Waals surface area contributed by atoms with Crippen LogP contribution in [-0.2, 0) is 22.6 Å². The molecule has 0 saturated heterocycles. The molecule has 0 atom stereocenters. The van der Waals surface area contributed by atoms with E-state index in [2.05, 4.69) is 0 Å². The van der Waals surface area contributed by atoms with E-state index >= 15 is 0 Å². The highest BCUT2D eigenvalue weighted by Crippen LogP contribution is 2.22. The fourth-order valence-electron chi connectivity index (χ4n) is 1.71. The van der Waals surface area contributed by atoms with Crippen LogP contribution in [0.15, 0.2) is 18.2 Å². The Hall–Kier alpha value is -1.55. The summed E-state index contributed by atoms with van der Waals surface area (Å²) in [6.07, 6.45) is 1.49. The normalized spacial score (nSPS) is 10.2. The molecule has 0 heterocycles. The van der Waals surface area contributed by atoms with Gasteiger partial charge in [-0.05, 0) is 36.1 Å². The molecular formula is C13H18O4. The lowest BCUT2D eigenvalue weighted by Crippen LogP contribution is -1.99. The lowest BCUT2D eigenvalue weighted by Gasteiger charge is -2.10.